The van der Waals surface area contributed by atoms with Crippen molar-refractivity contribution in [2.45, 2.75) is 50.3 Å². The number of aryl methyl sites for hydroxylation is 1. The van der Waals surface area contributed by atoms with E-state index in [0.29, 0.717) is 19.6 Å². The summed E-state index contributed by atoms with van der Waals surface area (Å²) in [6.45, 7) is 3.73. The van der Waals surface area contributed by atoms with Crippen LogP contribution in [-0.2, 0) is 23.6 Å². The number of sulfonamides is 1. The van der Waals surface area contributed by atoms with Crippen LogP contribution < -0.4 is 0 Å². The van der Waals surface area contributed by atoms with Gasteiger partial charge in [0.25, 0.3) is 0 Å². The predicted octanol–water partition coefficient (Wildman–Crippen LogP) is 1.04. The Labute approximate surface area is 147 Å². The minimum absolute atomic E-state index is 0.109. The molecule has 1 unspecified atom stereocenters. The molecule has 2 fully saturated rings. The third kappa shape index (κ3) is 3.10. The zero-order valence-electron chi connectivity index (χ0n) is 14.7. The first-order chi connectivity index (χ1) is 12.0. The van der Waals surface area contributed by atoms with Crippen LogP contribution in [0, 0.1) is 6.92 Å². The summed E-state index contributed by atoms with van der Waals surface area (Å²) in [6.07, 6.45) is 7.14. The Morgan fingerprint density at radius 2 is 2.04 bits per heavy atom. The lowest BCUT2D eigenvalue weighted by atomic mass is 9.99. The Morgan fingerprint density at radius 1 is 1.24 bits per heavy atom. The summed E-state index contributed by atoms with van der Waals surface area (Å²) in [6, 6.07) is 0. The molecule has 0 radical (unpaired) electrons. The normalized spacial score (nSPS) is 22.4. The van der Waals surface area contributed by atoms with E-state index >= 15 is 0 Å². The number of imidazole rings is 1. The van der Waals surface area contributed by atoms with E-state index in [-0.39, 0.29) is 11.2 Å². The molecule has 1 atom stereocenters. The Balaban J connectivity index is 1.52. The van der Waals surface area contributed by atoms with Crippen molar-refractivity contribution in [3.05, 3.63) is 29.9 Å². The molecule has 0 spiro atoms. The smallest absolute Gasteiger partial charge is 0.217 e. The number of nitrogens with zero attached hydrogens (tertiary/aromatic N) is 6. The second-order valence-electron chi connectivity index (χ2n) is 7.08. The van der Waals surface area contributed by atoms with E-state index in [0.717, 1.165) is 43.2 Å². The molecule has 3 heterocycles. The van der Waals surface area contributed by atoms with Gasteiger partial charge in [-0.25, -0.2) is 17.7 Å². The van der Waals surface area contributed by atoms with Crippen molar-refractivity contribution in [1.29, 1.82) is 0 Å². The number of piperidine rings is 1. The second kappa shape index (κ2) is 6.21. The molecule has 1 saturated heterocycles. The Hall–Kier alpha value is -1.74. The van der Waals surface area contributed by atoms with Gasteiger partial charge in [-0.2, -0.15) is 0 Å². The van der Waals surface area contributed by atoms with Crippen molar-refractivity contribution in [2.24, 2.45) is 7.05 Å². The first-order valence-electron chi connectivity index (χ1n) is 8.81. The molecule has 2 aliphatic rings. The van der Waals surface area contributed by atoms with E-state index in [1.807, 2.05) is 29.3 Å². The first kappa shape index (κ1) is 16.7. The van der Waals surface area contributed by atoms with Crippen molar-refractivity contribution in [3.8, 4) is 0 Å². The quantitative estimate of drug-likeness (QED) is 0.791. The molecule has 0 aromatic carbocycles. The zero-order valence-corrected chi connectivity index (χ0v) is 15.5. The molecule has 8 nitrogen and oxygen atoms in total. The second-order valence-corrected chi connectivity index (χ2v) is 9.29. The van der Waals surface area contributed by atoms with E-state index < -0.39 is 10.0 Å². The third-order valence-electron chi connectivity index (χ3n) is 5.29. The molecule has 4 rings (SSSR count). The van der Waals surface area contributed by atoms with Gasteiger partial charge in [0.1, 0.15) is 11.6 Å². The van der Waals surface area contributed by atoms with Gasteiger partial charge in [-0.15, -0.1) is 10.2 Å². The molecule has 2 aromatic heterocycles. The van der Waals surface area contributed by atoms with Crippen LogP contribution in [0.15, 0.2) is 12.4 Å². The molecule has 25 heavy (non-hydrogen) atoms. The van der Waals surface area contributed by atoms with E-state index in [4.69, 9.17) is 0 Å². The number of aromatic nitrogens is 5. The van der Waals surface area contributed by atoms with Gasteiger partial charge in [0.2, 0.25) is 10.0 Å². The van der Waals surface area contributed by atoms with Crippen LogP contribution in [0.1, 0.15) is 49.1 Å². The summed E-state index contributed by atoms with van der Waals surface area (Å²) in [5.41, 5.74) is 0. The van der Waals surface area contributed by atoms with E-state index in [9.17, 15) is 8.42 Å². The van der Waals surface area contributed by atoms with Gasteiger partial charge in [0, 0.05) is 38.4 Å². The Bertz CT molecular complexity index is 867. The molecule has 1 aliphatic heterocycles. The highest BCUT2D eigenvalue weighted by molar-refractivity contribution is 7.90. The summed E-state index contributed by atoms with van der Waals surface area (Å²) in [5.74, 6) is 2.78. The standard InChI is InChI=1S/C16H24N6O2S/c1-12-17-7-9-21(12)11-15-18-19-16(20(15)2)13-4-3-8-22(10-13)25(23,24)14-5-6-14/h7,9,13-14H,3-6,8,10-11H2,1-2H3. The largest absolute Gasteiger partial charge is 0.328 e. The lowest BCUT2D eigenvalue weighted by Crippen LogP contribution is -2.41. The molecule has 9 heteroatoms. The Kier molecular flexibility index (Phi) is 4.15. The molecule has 0 amide bonds. The lowest BCUT2D eigenvalue weighted by Gasteiger charge is -2.31. The van der Waals surface area contributed by atoms with Crippen LogP contribution in [0.4, 0.5) is 0 Å². The minimum Gasteiger partial charge on any atom is -0.328 e. The maximum atomic E-state index is 12.5. The highest BCUT2D eigenvalue weighted by Gasteiger charge is 2.42. The summed E-state index contributed by atoms with van der Waals surface area (Å²) < 4.78 is 30.8. The summed E-state index contributed by atoms with van der Waals surface area (Å²) >= 11 is 0. The summed E-state index contributed by atoms with van der Waals surface area (Å²) in [7, 11) is -1.16. The van der Waals surface area contributed by atoms with Gasteiger partial charge >= 0.3 is 0 Å². The van der Waals surface area contributed by atoms with Crippen molar-refractivity contribution >= 4 is 10.0 Å². The van der Waals surface area contributed by atoms with Gasteiger partial charge in [-0.3, -0.25) is 0 Å². The van der Waals surface area contributed by atoms with Crippen molar-refractivity contribution in [3.63, 3.8) is 0 Å². The van der Waals surface area contributed by atoms with Crippen molar-refractivity contribution in [1.82, 2.24) is 28.6 Å². The SMILES string of the molecule is Cc1nccn1Cc1nnc(C2CCCN(S(=O)(=O)C3CC3)C2)n1C. The van der Waals surface area contributed by atoms with Gasteiger partial charge in [-0.1, -0.05) is 0 Å². The predicted molar refractivity (Wildman–Crippen MR) is 92.6 cm³/mol. The molecular weight excluding hydrogens is 340 g/mol. The highest BCUT2D eigenvalue weighted by Crippen LogP contribution is 2.35. The summed E-state index contributed by atoms with van der Waals surface area (Å²) in [5, 5.41) is 8.57. The van der Waals surface area contributed by atoms with Crippen LogP contribution >= 0.6 is 0 Å². The van der Waals surface area contributed by atoms with Crippen LogP contribution in [-0.4, -0.2) is 55.4 Å². The van der Waals surface area contributed by atoms with Gasteiger partial charge in [0.15, 0.2) is 5.82 Å². The fourth-order valence-electron chi connectivity index (χ4n) is 3.55. The maximum Gasteiger partial charge on any atom is 0.217 e. The van der Waals surface area contributed by atoms with Crippen LogP contribution in [0.3, 0.4) is 0 Å². The topological polar surface area (TPSA) is 85.9 Å². The molecule has 0 N–H and O–H groups in total. The lowest BCUT2D eigenvalue weighted by molar-refractivity contribution is 0.305. The molecule has 136 valence electrons. The molecule has 0 bridgehead atoms. The van der Waals surface area contributed by atoms with Crippen molar-refractivity contribution < 1.29 is 8.42 Å². The fourth-order valence-corrected chi connectivity index (χ4v) is 5.48. The summed E-state index contributed by atoms with van der Waals surface area (Å²) in [4.78, 5) is 4.23. The van der Waals surface area contributed by atoms with E-state index in [1.165, 1.54) is 0 Å². The van der Waals surface area contributed by atoms with Gasteiger partial charge < -0.3 is 9.13 Å². The maximum absolute atomic E-state index is 12.5. The van der Waals surface area contributed by atoms with Gasteiger partial charge in [0.05, 0.1) is 11.8 Å². The first-order valence-corrected chi connectivity index (χ1v) is 10.3. The highest BCUT2D eigenvalue weighted by atomic mass is 32.2. The third-order valence-corrected chi connectivity index (χ3v) is 7.65. The number of hydrogen-bond acceptors (Lipinski definition) is 5. The van der Waals surface area contributed by atoms with E-state index in [2.05, 4.69) is 15.2 Å². The molecule has 1 aliphatic carbocycles. The average molecular weight is 364 g/mol. The molecule has 1 saturated carbocycles. The monoisotopic (exact) mass is 364 g/mol. The number of hydrogen-bond donors (Lipinski definition) is 0. The van der Waals surface area contributed by atoms with Crippen LogP contribution in [0.5, 0.6) is 0 Å². The number of rotatable bonds is 5. The van der Waals surface area contributed by atoms with Crippen LogP contribution in [0.25, 0.3) is 0 Å². The van der Waals surface area contributed by atoms with Crippen LogP contribution in [0.2, 0.25) is 0 Å². The Morgan fingerprint density at radius 3 is 2.72 bits per heavy atom. The van der Waals surface area contributed by atoms with Crippen molar-refractivity contribution in [2.75, 3.05) is 13.1 Å². The van der Waals surface area contributed by atoms with E-state index in [1.54, 1.807) is 10.5 Å². The molecule has 2 aromatic rings. The molecular formula is C16H24N6O2S. The average Bonchev–Trinajstić information content (AvgIpc) is 3.31. The fraction of sp³-hybridized carbons (Fsp3) is 0.688. The minimum atomic E-state index is -3.12. The van der Waals surface area contributed by atoms with Gasteiger partial charge in [-0.05, 0) is 32.6 Å². The zero-order chi connectivity index (χ0) is 17.6.